The topological polar surface area (TPSA) is 26.5 Å². The molecule has 0 saturated carbocycles. The number of rotatable bonds is 4. The van der Waals surface area contributed by atoms with Gasteiger partial charge in [0.15, 0.2) is 0 Å². The van der Waals surface area contributed by atoms with Gasteiger partial charge in [0.2, 0.25) is 0 Å². The Kier molecular flexibility index (Phi) is 3.53. The van der Waals surface area contributed by atoms with Crippen molar-refractivity contribution >= 4 is 5.65 Å². The van der Waals surface area contributed by atoms with Crippen LogP contribution in [-0.4, -0.2) is 9.38 Å². The lowest BCUT2D eigenvalue weighted by molar-refractivity contribution is 0.302. The largest absolute Gasteiger partial charge is 0.487 e. The van der Waals surface area contributed by atoms with Crippen LogP contribution in [0.1, 0.15) is 5.69 Å². The van der Waals surface area contributed by atoms with Crippen LogP contribution in [0.3, 0.4) is 0 Å². The van der Waals surface area contributed by atoms with Crippen LogP contribution in [0.2, 0.25) is 0 Å². The number of pyridine rings is 1. The Morgan fingerprint density at radius 1 is 0.783 bits per heavy atom. The van der Waals surface area contributed by atoms with E-state index in [0.717, 1.165) is 17.1 Å². The average Bonchev–Trinajstić information content (AvgIpc) is 3.04. The zero-order valence-electron chi connectivity index (χ0n) is 12.6. The van der Waals surface area contributed by atoms with Crippen LogP contribution >= 0.6 is 0 Å². The molecule has 0 saturated heterocycles. The van der Waals surface area contributed by atoms with Crippen molar-refractivity contribution in [3.8, 4) is 16.9 Å². The second kappa shape index (κ2) is 5.97. The number of aromatic nitrogens is 2. The van der Waals surface area contributed by atoms with Gasteiger partial charge in [0, 0.05) is 12.4 Å². The Morgan fingerprint density at radius 3 is 2.30 bits per heavy atom. The minimum atomic E-state index is 0.465. The van der Waals surface area contributed by atoms with E-state index in [2.05, 4.69) is 29.2 Å². The van der Waals surface area contributed by atoms with Crippen molar-refractivity contribution in [1.29, 1.82) is 0 Å². The van der Waals surface area contributed by atoms with Crippen LogP contribution in [-0.2, 0) is 6.61 Å². The first kappa shape index (κ1) is 13.6. The second-order valence-corrected chi connectivity index (χ2v) is 5.38. The maximum absolute atomic E-state index is 5.84. The Hall–Kier alpha value is -3.07. The van der Waals surface area contributed by atoms with Crippen LogP contribution in [0.15, 0.2) is 85.2 Å². The number of benzene rings is 2. The van der Waals surface area contributed by atoms with Crippen LogP contribution in [0.25, 0.3) is 16.8 Å². The minimum Gasteiger partial charge on any atom is -0.487 e. The summed E-state index contributed by atoms with van der Waals surface area (Å²) in [5, 5.41) is 0. The number of fused-ring (bicyclic) bond motifs is 1. The van der Waals surface area contributed by atoms with E-state index in [9.17, 15) is 0 Å². The lowest BCUT2D eigenvalue weighted by Crippen LogP contribution is -1.95. The van der Waals surface area contributed by atoms with Crippen LogP contribution in [0, 0.1) is 0 Å². The molecule has 4 aromatic rings. The zero-order valence-corrected chi connectivity index (χ0v) is 12.6. The first-order valence-electron chi connectivity index (χ1n) is 7.59. The van der Waals surface area contributed by atoms with Gasteiger partial charge in [0.1, 0.15) is 18.0 Å². The summed E-state index contributed by atoms with van der Waals surface area (Å²) in [4.78, 5) is 4.53. The summed E-state index contributed by atoms with van der Waals surface area (Å²) in [6, 6.07) is 24.4. The summed E-state index contributed by atoms with van der Waals surface area (Å²) >= 11 is 0. The zero-order chi connectivity index (χ0) is 15.5. The highest BCUT2D eigenvalue weighted by Crippen LogP contribution is 2.22. The van der Waals surface area contributed by atoms with Crippen molar-refractivity contribution in [3.05, 3.63) is 90.9 Å². The highest BCUT2D eigenvalue weighted by Gasteiger charge is 2.03. The fraction of sp³-hybridized carbons (Fsp3) is 0.0500. The summed E-state index contributed by atoms with van der Waals surface area (Å²) in [5.74, 6) is 0.849. The number of imidazole rings is 1. The highest BCUT2D eigenvalue weighted by atomic mass is 16.5. The smallest absolute Gasteiger partial charge is 0.137 e. The van der Waals surface area contributed by atoms with Gasteiger partial charge >= 0.3 is 0 Å². The summed E-state index contributed by atoms with van der Waals surface area (Å²) in [6.45, 7) is 0.465. The van der Waals surface area contributed by atoms with E-state index in [0.29, 0.717) is 6.61 Å². The molecule has 2 heterocycles. The first-order valence-corrected chi connectivity index (χ1v) is 7.59. The van der Waals surface area contributed by atoms with E-state index in [4.69, 9.17) is 4.74 Å². The third-order valence-electron chi connectivity index (χ3n) is 3.76. The van der Waals surface area contributed by atoms with Crippen molar-refractivity contribution < 1.29 is 4.74 Å². The number of nitrogens with zero attached hydrogens (tertiary/aromatic N) is 2. The molecule has 23 heavy (non-hydrogen) atoms. The van der Waals surface area contributed by atoms with Gasteiger partial charge in [0.05, 0.1) is 5.69 Å². The van der Waals surface area contributed by atoms with E-state index < -0.39 is 0 Å². The molecule has 2 aromatic heterocycles. The maximum Gasteiger partial charge on any atom is 0.137 e. The molecule has 0 N–H and O–H groups in total. The van der Waals surface area contributed by atoms with Gasteiger partial charge < -0.3 is 9.14 Å². The van der Waals surface area contributed by atoms with E-state index in [1.54, 1.807) is 0 Å². The SMILES string of the molecule is c1ccc(-c2ccc(OCc3cn4ccccc4n3)cc2)cc1. The van der Waals surface area contributed by atoms with Gasteiger partial charge in [-0.2, -0.15) is 0 Å². The number of hydrogen-bond acceptors (Lipinski definition) is 2. The Bertz CT molecular complexity index is 878. The lowest BCUT2D eigenvalue weighted by atomic mass is 10.1. The standard InChI is InChI=1S/C20H16N2O/c1-2-6-16(7-3-1)17-9-11-19(12-10-17)23-15-18-14-22-13-5-4-8-20(22)21-18/h1-14H,15H2. The molecule has 0 amide bonds. The molecule has 0 atom stereocenters. The van der Waals surface area contributed by atoms with Crippen LogP contribution in [0.4, 0.5) is 0 Å². The fourth-order valence-electron chi connectivity index (χ4n) is 2.59. The van der Waals surface area contributed by atoms with Gasteiger partial charge in [-0.25, -0.2) is 4.98 Å². The van der Waals surface area contributed by atoms with E-state index >= 15 is 0 Å². The summed E-state index contributed by atoms with van der Waals surface area (Å²) < 4.78 is 7.83. The van der Waals surface area contributed by atoms with Gasteiger partial charge in [-0.15, -0.1) is 0 Å². The van der Waals surface area contributed by atoms with Crippen LogP contribution < -0.4 is 4.74 Å². The molecule has 0 aliphatic carbocycles. The number of hydrogen-bond donors (Lipinski definition) is 0. The van der Waals surface area contributed by atoms with Gasteiger partial charge in [-0.3, -0.25) is 0 Å². The number of ether oxygens (including phenoxy) is 1. The fourth-order valence-corrected chi connectivity index (χ4v) is 2.59. The van der Waals surface area contributed by atoms with E-state index in [1.807, 2.05) is 65.3 Å². The molecule has 3 heteroatoms. The van der Waals surface area contributed by atoms with Crippen molar-refractivity contribution in [2.75, 3.05) is 0 Å². The molecule has 0 bridgehead atoms. The van der Waals surface area contributed by atoms with Crippen molar-refractivity contribution in [1.82, 2.24) is 9.38 Å². The molecule has 2 aromatic carbocycles. The third-order valence-corrected chi connectivity index (χ3v) is 3.76. The summed E-state index contributed by atoms with van der Waals surface area (Å²) in [7, 11) is 0. The van der Waals surface area contributed by atoms with E-state index in [1.165, 1.54) is 11.1 Å². The Morgan fingerprint density at radius 2 is 1.52 bits per heavy atom. The normalized spacial score (nSPS) is 10.8. The molecule has 0 aliphatic heterocycles. The molecule has 0 aliphatic rings. The predicted octanol–water partition coefficient (Wildman–Crippen LogP) is 4.58. The molecule has 112 valence electrons. The molecular weight excluding hydrogens is 284 g/mol. The second-order valence-electron chi connectivity index (χ2n) is 5.38. The van der Waals surface area contributed by atoms with Gasteiger partial charge in [-0.05, 0) is 35.4 Å². The highest BCUT2D eigenvalue weighted by molar-refractivity contribution is 5.63. The maximum atomic E-state index is 5.84. The summed E-state index contributed by atoms with van der Waals surface area (Å²) in [6.07, 6.45) is 3.98. The van der Waals surface area contributed by atoms with Gasteiger partial charge in [-0.1, -0.05) is 48.5 Å². The monoisotopic (exact) mass is 300 g/mol. The third kappa shape index (κ3) is 2.94. The lowest BCUT2D eigenvalue weighted by Gasteiger charge is -2.06. The van der Waals surface area contributed by atoms with E-state index in [-0.39, 0.29) is 0 Å². The van der Waals surface area contributed by atoms with Gasteiger partial charge in [0.25, 0.3) is 0 Å². The van der Waals surface area contributed by atoms with Crippen molar-refractivity contribution in [2.24, 2.45) is 0 Å². The predicted molar refractivity (Wildman–Crippen MR) is 91.4 cm³/mol. The molecule has 3 nitrogen and oxygen atoms in total. The minimum absolute atomic E-state index is 0.465. The van der Waals surface area contributed by atoms with Crippen molar-refractivity contribution in [3.63, 3.8) is 0 Å². The molecule has 0 fully saturated rings. The average molecular weight is 300 g/mol. The van der Waals surface area contributed by atoms with Crippen LogP contribution in [0.5, 0.6) is 5.75 Å². The Balaban J connectivity index is 1.47. The molecular formula is C20H16N2O. The molecule has 4 rings (SSSR count). The first-order chi connectivity index (χ1) is 11.4. The molecule has 0 spiro atoms. The summed E-state index contributed by atoms with van der Waals surface area (Å²) in [5.41, 5.74) is 4.25. The molecule has 0 unspecified atom stereocenters. The Labute approximate surface area is 134 Å². The quantitative estimate of drug-likeness (QED) is 0.551. The molecule has 0 radical (unpaired) electrons. The van der Waals surface area contributed by atoms with Crippen molar-refractivity contribution in [2.45, 2.75) is 6.61 Å².